The third-order valence-corrected chi connectivity index (χ3v) is 4.17. The summed E-state index contributed by atoms with van der Waals surface area (Å²) in [7, 11) is 0. The van der Waals surface area contributed by atoms with E-state index in [0.29, 0.717) is 0 Å². The Balaban J connectivity index is 1.77. The van der Waals surface area contributed by atoms with Gasteiger partial charge in [0.05, 0.1) is 5.69 Å². The second-order valence-corrected chi connectivity index (χ2v) is 5.07. The molecule has 0 bridgehead atoms. The molecular weight excluding hydrogens is 194 g/mol. The monoisotopic (exact) mass is 207 g/mol. The second kappa shape index (κ2) is 3.51. The van der Waals surface area contributed by atoms with E-state index in [9.17, 15) is 0 Å². The largest absolute Gasteiger partial charge is 0.289 e. The van der Waals surface area contributed by atoms with Crippen LogP contribution in [0.1, 0.15) is 17.7 Å². The van der Waals surface area contributed by atoms with Crippen molar-refractivity contribution < 1.29 is 0 Å². The van der Waals surface area contributed by atoms with Crippen LogP contribution in [0, 0.1) is 0 Å². The van der Waals surface area contributed by atoms with Crippen LogP contribution in [-0.4, -0.2) is 32.4 Å². The molecule has 0 radical (unpaired) electrons. The van der Waals surface area contributed by atoms with Crippen LogP contribution in [0.2, 0.25) is 0 Å². The zero-order valence-electron chi connectivity index (χ0n) is 8.02. The zero-order valence-corrected chi connectivity index (χ0v) is 8.83. The summed E-state index contributed by atoms with van der Waals surface area (Å²) >= 11 is 2.07. The molecule has 14 heavy (non-hydrogen) atoms. The van der Waals surface area contributed by atoms with Gasteiger partial charge in [-0.1, -0.05) is 0 Å². The van der Waals surface area contributed by atoms with E-state index < -0.39 is 0 Å². The Morgan fingerprint density at radius 3 is 3.21 bits per heavy atom. The molecule has 1 atom stereocenters. The highest BCUT2D eigenvalue weighted by Crippen LogP contribution is 2.29. The first-order valence-corrected chi connectivity index (χ1v) is 6.18. The minimum Gasteiger partial charge on any atom is -0.289 e. The SMILES string of the molecule is c1ncc2c(n1)CN(C1CCSC1)C2. The highest BCUT2D eigenvalue weighted by atomic mass is 32.2. The van der Waals surface area contributed by atoms with Gasteiger partial charge in [-0.25, -0.2) is 9.97 Å². The second-order valence-electron chi connectivity index (χ2n) is 3.92. The number of fused-ring (bicyclic) bond motifs is 1. The van der Waals surface area contributed by atoms with Crippen molar-refractivity contribution in [1.82, 2.24) is 14.9 Å². The molecule has 0 N–H and O–H groups in total. The van der Waals surface area contributed by atoms with E-state index in [2.05, 4.69) is 26.6 Å². The lowest BCUT2D eigenvalue weighted by atomic mass is 10.2. The van der Waals surface area contributed by atoms with Crippen molar-refractivity contribution in [2.75, 3.05) is 11.5 Å². The molecule has 1 unspecified atom stereocenters. The van der Waals surface area contributed by atoms with Gasteiger partial charge >= 0.3 is 0 Å². The Hall–Kier alpha value is -0.610. The molecule has 4 heteroatoms. The van der Waals surface area contributed by atoms with Gasteiger partial charge in [-0.2, -0.15) is 11.8 Å². The molecule has 1 aromatic rings. The molecule has 3 heterocycles. The molecule has 0 aliphatic carbocycles. The maximum atomic E-state index is 4.32. The van der Waals surface area contributed by atoms with Crippen molar-refractivity contribution in [1.29, 1.82) is 0 Å². The third kappa shape index (κ3) is 1.42. The summed E-state index contributed by atoms with van der Waals surface area (Å²) in [6, 6.07) is 0.772. The summed E-state index contributed by atoms with van der Waals surface area (Å²) in [5, 5.41) is 0. The third-order valence-electron chi connectivity index (χ3n) is 3.03. The van der Waals surface area contributed by atoms with Crippen LogP contribution in [-0.2, 0) is 13.1 Å². The van der Waals surface area contributed by atoms with E-state index in [4.69, 9.17) is 0 Å². The van der Waals surface area contributed by atoms with Gasteiger partial charge in [-0.05, 0) is 12.2 Å². The molecule has 1 aromatic heterocycles. The van der Waals surface area contributed by atoms with Crippen LogP contribution in [0.25, 0.3) is 0 Å². The van der Waals surface area contributed by atoms with Gasteiger partial charge < -0.3 is 0 Å². The molecule has 0 amide bonds. The Labute approximate surface area is 87.9 Å². The summed E-state index contributed by atoms with van der Waals surface area (Å²) < 4.78 is 0. The van der Waals surface area contributed by atoms with Crippen molar-refractivity contribution in [2.45, 2.75) is 25.6 Å². The quantitative estimate of drug-likeness (QED) is 0.694. The number of rotatable bonds is 1. The highest BCUT2D eigenvalue weighted by molar-refractivity contribution is 7.99. The zero-order chi connectivity index (χ0) is 9.38. The maximum Gasteiger partial charge on any atom is 0.115 e. The van der Waals surface area contributed by atoms with E-state index in [1.165, 1.54) is 29.2 Å². The van der Waals surface area contributed by atoms with Crippen LogP contribution in [0.3, 0.4) is 0 Å². The molecule has 1 fully saturated rings. The maximum absolute atomic E-state index is 4.32. The fourth-order valence-corrected chi connectivity index (χ4v) is 3.45. The predicted octanol–water partition coefficient (Wildman–Crippen LogP) is 1.30. The lowest BCUT2D eigenvalue weighted by Crippen LogP contribution is -2.30. The van der Waals surface area contributed by atoms with Gasteiger partial charge in [0, 0.05) is 36.6 Å². The van der Waals surface area contributed by atoms with Crippen LogP contribution in [0.5, 0.6) is 0 Å². The van der Waals surface area contributed by atoms with Crippen LogP contribution in [0.4, 0.5) is 0 Å². The molecule has 0 aromatic carbocycles. The number of thioether (sulfide) groups is 1. The first-order valence-electron chi connectivity index (χ1n) is 5.03. The van der Waals surface area contributed by atoms with Crippen molar-refractivity contribution in [3.63, 3.8) is 0 Å². The van der Waals surface area contributed by atoms with E-state index in [-0.39, 0.29) is 0 Å². The standard InChI is InChI=1S/C10H13N3S/c1-2-14-6-9(1)13-4-8-3-11-7-12-10(8)5-13/h3,7,9H,1-2,4-6H2. The first-order chi connectivity index (χ1) is 6.93. The van der Waals surface area contributed by atoms with Gasteiger partial charge in [0.15, 0.2) is 0 Å². The molecule has 3 rings (SSSR count). The van der Waals surface area contributed by atoms with Gasteiger partial charge in [0.2, 0.25) is 0 Å². The topological polar surface area (TPSA) is 29.0 Å². The van der Waals surface area contributed by atoms with Crippen LogP contribution in [0.15, 0.2) is 12.5 Å². The molecule has 2 aliphatic heterocycles. The summed E-state index contributed by atoms with van der Waals surface area (Å²) in [5.41, 5.74) is 2.56. The number of aromatic nitrogens is 2. The Morgan fingerprint density at radius 2 is 2.43 bits per heavy atom. The average molecular weight is 207 g/mol. The highest BCUT2D eigenvalue weighted by Gasteiger charge is 2.28. The molecule has 74 valence electrons. The van der Waals surface area contributed by atoms with Crippen molar-refractivity contribution in [2.24, 2.45) is 0 Å². The predicted molar refractivity (Wildman–Crippen MR) is 57.0 cm³/mol. The van der Waals surface area contributed by atoms with E-state index in [1.807, 2.05) is 6.20 Å². The smallest absolute Gasteiger partial charge is 0.115 e. The molecule has 1 saturated heterocycles. The summed E-state index contributed by atoms with van der Waals surface area (Å²) in [6.45, 7) is 2.09. The molecule has 0 spiro atoms. The normalized spacial score (nSPS) is 26.7. The molecule has 2 aliphatic rings. The van der Waals surface area contributed by atoms with E-state index in [0.717, 1.165) is 19.1 Å². The van der Waals surface area contributed by atoms with E-state index >= 15 is 0 Å². The summed E-state index contributed by atoms with van der Waals surface area (Å²) in [6.07, 6.45) is 4.96. The van der Waals surface area contributed by atoms with Crippen LogP contribution >= 0.6 is 11.8 Å². The Morgan fingerprint density at radius 1 is 1.43 bits per heavy atom. The fourth-order valence-electron chi connectivity index (χ4n) is 2.19. The van der Waals surface area contributed by atoms with Gasteiger partial charge in [0.1, 0.15) is 6.33 Å². The number of hydrogen-bond donors (Lipinski definition) is 0. The first kappa shape index (κ1) is 8.68. The average Bonchev–Trinajstić information content (AvgIpc) is 2.86. The number of nitrogens with zero attached hydrogens (tertiary/aromatic N) is 3. The lowest BCUT2D eigenvalue weighted by Gasteiger charge is -2.21. The molecule has 3 nitrogen and oxygen atoms in total. The van der Waals surface area contributed by atoms with Crippen molar-refractivity contribution in [3.8, 4) is 0 Å². The van der Waals surface area contributed by atoms with Gasteiger partial charge in [0.25, 0.3) is 0 Å². The van der Waals surface area contributed by atoms with Crippen LogP contribution < -0.4 is 0 Å². The molecular formula is C10H13N3S. The fraction of sp³-hybridized carbons (Fsp3) is 0.600. The van der Waals surface area contributed by atoms with Crippen molar-refractivity contribution in [3.05, 3.63) is 23.8 Å². The summed E-state index contributed by atoms with van der Waals surface area (Å²) in [5.74, 6) is 2.62. The minimum absolute atomic E-state index is 0.772. The Bertz CT molecular complexity index is 311. The van der Waals surface area contributed by atoms with Crippen molar-refractivity contribution >= 4 is 11.8 Å². The molecule has 0 saturated carbocycles. The van der Waals surface area contributed by atoms with Gasteiger partial charge in [-0.3, -0.25) is 4.90 Å². The number of hydrogen-bond acceptors (Lipinski definition) is 4. The Kier molecular flexibility index (Phi) is 2.18. The summed E-state index contributed by atoms with van der Waals surface area (Å²) in [4.78, 5) is 10.9. The minimum atomic E-state index is 0.772. The lowest BCUT2D eigenvalue weighted by molar-refractivity contribution is 0.216. The van der Waals surface area contributed by atoms with Gasteiger partial charge in [-0.15, -0.1) is 0 Å². The van der Waals surface area contributed by atoms with E-state index in [1.54, 1.807) is 6.33 Å².